The molecule has 0 saturated heterocycles. The third-order valence-corrected chi connectivity index (χ3v) is 12.9. The van der Waals surface area contributed by atoms with Gasteiger partial charge in [-0.3, -0.25) is 4.98 Å². The minimum atomic E-state index is -2.18. The smallest absolute Gasteiger partial charge is 0.129 e. The number of para-hydroxylation sites is 3. The largest absolute Gasteiger partial charge is 0.500 e. The van der Waals surface area contributed by atoms with Gasteiger partial charge >= 0.3 is 0 Å². The second-order valence-corrected chi connectivity index (χ2v) is 22.0. The molecule has 295 valence electrons. The van der Waals surface area contributed by atoms with Gasteiger partial charge in [0, 0.05) is 51.0 Å². The molecule has 0 fully saturated rings. The third kappa shape index (κ3) is 7.46. The van der Waals surface area contributed by atoms with E-state index in [1.54, 1.807) is 12.1 Å². The zero-order valence-corrected chi connectivity index (χ0v) is 37.3. The van der Waals surface area contributed by atoms with Gasteiger partial charge in [-0.2, -0.15) is 0 Å². The van der Waals surface area contributed by atoms with Crippen LogP contribution in [0.2, 0.25) is 19.6 Å². The first kappa shape index (κ1) is 33.2. The van der Waals surface area contributed by atoms with Crippen molar-refractivity contribution in [3.8, 4) is 28.3 Å². The normalized spacial score (nSPS) is 13.9. The van der Waals surface area contributed by atoms with Crippen LogP contribution in [-0.2, 0) is 25.5 Å². The van der Waals surface area contributed by atoms with E-state index in [0.717, 1.165) is 55.4 Å². The maximum Gasteiger partial charge on any atom is 0.129 e. The Morgan fingerprint density at radius 2 is 1.44 bits per heavy atom. The quantitative estimate of drug-likeness (QED) is 0.100. The zero-order chi connectivity index (χ0) is 45.3. The van der Waals surface area contributed by atoms with Gasteiger partial charge in [-0.1, -0.05) is 148 Å². The molecular weight excluding hydrogens is 915 g/mol. The zero-order valence-electron chi connectivity index (χ0n) is 39.9. The van der Waals surface area contributed by atoms with Crippen molar-refractivity contribution in [1.82, 2.24) is 14.5 Å². The number of rotatable bonds is 4. The Morgan fingerprint density at radius 1 is 0.712 bits per heavy atom. The van der Waals surface area contributed by atoms with Crippen molar-refractivity contribution in [2.24, 2.45) is 0 Å². The molecule has 0 saturated carbocycles. The Balaban J connectivity index is 0.000000232. The topological polar surface area (TPSA) is 43.9 Å². The van der Waals surface area contributed by atoms with E-state index in [4.69, 9.17) is 17.6 Å². The molecule has 0 bridgehead atoms. The molecule has 10 rings (SSSR count). The Labute approximate surface area is 369 Å². The van der Waals surface area contributed by atoms with Gasteiger partial charge in [-0.25, -0.2) is 0 Å². The van der Waals surface area contributed by atoms with Crippen LogP contribution in [0.1, 0.15) is 45.7 Å². The van der Waals surface area contributed by atoms with E-state index in [2.05, 4.69) is 159 Å². The van der Waals surface area contributed by atoms with Crippen LogP contribution in [0.25, 0.3) is 82.8 Å². The van der Waals surface area contributed by atoms with Gasteiger partial charge in [0.25, 0.3) is 0 Å². The molecule has 0 spiro atoms. The fourth-order valence-corrected chi connectivity index (χ4v) is 9.03. The Bertz CT molecular complexity index is 3320. The molecule has 7 aromatic carbocycles. The van der Waals surface area contributed by atoms with Crippen molar-refractivity contribution in [2.45, 2.75) is 59.5 Å². The van der Waals surface area contributed by atoms with Crippen LogP contribution in [0, 0.1) is 25.8 Å². The average molecular weight is 968 g/mol. The summed E-state index contributed by atoms with van der Waals surface area (Å²) < 4.78 is 52.9. The monoisotopic (exact) mass is 968 g/mol. The third-order valence-electron chi connectivity index (χ3n) is 10.9. The van der Waals surface area contributed by atoms with Crippen LogP contribution in [0.15, 0.2) is 144 Å². The first-order valence-electron chi connectivity index (χ1n) is 22.6. The van der Waals surface area contributed by atoms with Gasteiger partial charge in [-0.15, -0.1) is 53.6 Å². The summed E-state index contributed by atoms with van der Waals surface area (Å²) >= 11 is 0. The molecule has 0 N–H and O–H groups in total. The number of aryl methyl sites for hydroxylation is 2. The van der Waals surface area contributed by atoms with E-state index in [1.807, 2.05) is 6.07 Å². The molecule has 3 heterocycles. The Kier molecular flexibility index (Phi) is 8.73. The van der Waals surface area contributed by atoms with Gasteiger partial charge in [0.15, 0.2) is 0 Å². The molecule has 0 aliphatic carbocycles. The van der Waals surface area contributed by atoms with Crippen LogP contribution in [-0.4, -0.2) is 22.6 Å². The van der Waals surface area contributed by atoms with Crippen LogP contribution in [0.5, 0.6) is 0 Å². The SMILES string of the molecule is CC(C)(C)c1ccccc1-n1c(-c2[c-]ccc3c2oc2c3ccc3ccc4cc([Si](C)(C)C)ccc4c32)nc2ccccc21.[2H]C([2H])([2H])c1c[c-]c(-c2ccc(C([2H])([2H])[2H])cn2)cc1.[Ir]. The first-order chi connectivity index (χ1) is 30.3. The van der Waals surface area contributed by atoms with Crippen molar-refractivity contribution < 1.29 is 32.7 Å². The van der Waals surface area contributed by atoms with Gasteiger partial charge in [0.1, 0.15) is 5.58 Å². The molecule has 6 heteroatoms. The predicted octanol–water partition coefficient (Wildman–Crippen LogP) is 13.7. The second kappa shape index (κ2) is 15.5. The van der Waals surface area contributed by atoms with Gasteiger partial charge < -0.3 is 14.0 Å². The van der Waals surface area contributed by atoms with E-state index in [9.17, 15) is 0 Å². The Morgan fingerprint density at radius 3 is 2.19 bits per heavy atom. The molecule has 3 aromatic heterocycles. The van der Waals surface area contributed by atoms with E-state index < -0.39 is 21.8 Å². The molecule has 59 heavy (non-hydrogen) atoms. The standard InChI is InChI=1S/C40H35N2OSi.C13H12N.Ir/c1-40(2,3)32-14-7-9-16-34(32)42-35-17-10-8-15-33(35)41-39(42)31-13-11-12-29-30-22-20-25-18-19-26-24-27(44(4,5)6)21-23-28(26)36(25)38(30)43-37(29)31;1-10-3-6-12(7-4-10)13-8-5-11(2)9-14-13;/h7-12,14-24H,1-6H3;3-6,8-9H,1-2H3;/q2*-1;/i;1D3,2D3;. The summed E-state index contributed by atoms with van der Waals surface area (Å²) in [5.41, 5.74) is 8.50. The number of nitrogens with zero attached hydrogens (tertiary/aromatic N) is 3. The number of aromatic nitrogens is 3. The molecule has 0 unspecified atom stereocenters. The number of fused-ring (bicyclic) bond motifs is 8. The maximum atomic E-state index is 7.28. The summed E-state index contributed by atoms with van der Waals surface area (Å²) in [5.74, 6) is 0.835. The van der Waals surface area contributed by atoms with Crippen molar-refractivity contribution in [1.29, 1.82) is 0 Å². The number of furan rings is 1. The summed E-state index contributed by atoms with van der Waals surface area (Å²) in [6, 6.07) is 51.1. The van der Waals surface area contributed by atoms with Gasteiger partial charge in [0.2, 0.25) is 0 Å². The molecule has 10 aromatic rings. The summed E-state index contributed by atoms with van der Waals surface area (Å²) in [5, 5.41) is 8.49. The van der Waals surface area contributed by atoms with Gasteiger partial charge in [-0.05, 0) is 63.4 Å². The maximum absolute atomic E-state index is 7.28. The summed E-state index contributed by atoms with van der Waals surface area (Å²) in [6.07, 6.45) is 1.30. The number of benzene rings is 7. The van der Waals surface area contributed by atoms with Crippen LogP contribution >= 0.6 is 0 Å². The van der Waals surface area contributed by atoms with Crippen LogP contribution < -0.4 is 5.19 Å². The molecule has 0 aliphatic rings. The van der Waals surface area contributed by atoms with E-state index in [0.29, 0.717) is 11.3 Å². The fourth-order valence-electron chi connectivity index (χ4n) is 7.86. The van der Waals surface area contributed by atoms with Crippen LogP contribution in [0.4, 0.5) is 0 Å². The van der Waals surface area contributed by atoms with Crippen molar-refractivity contribution in [2.75, 3.05) is 0 Å². The minimum Gasteiger partial charge on any atom is -0.500 e. The number of hydrogen-bond donors (Lipinski definition) is 0. The van der Waals surface area contributed by atoms with E-state index in [1.165, 1.54) is 51.3 Å². The Hall–Kier alpha value is -5.65. The van der Waals surface area contributed by atoms with E-state index in [-0.39, 0.29) is 36.6 Å². The molecule has 1 radical (unpaired) electrons. The number of imidazole rings is 1. The number of pyridine rings is 1. The number of hydrogen-bond acceptors (Lipinski definition) is 3. The molecular formula is C53H47IrN3OSi-2. The van der Waals surface area contributed by atoms with E-state index >= 15 is 0 Å². The second-order valence-electron chi connectivity index (χ2n) is 16.9. The van der Waals surface area contributed by atoms with Crippen molar-refractivity contribution in [3.63, 3.8) is 0 Å². The van der Waals surface area contributed by atoms with Crippen molar-refractivity contribution >= 4 is 67.8 Å². The average Bonchev–Trinajstić information content (AvgIpc) is 3.84. The summed E-state index contributed by atoms with van der Waals surface area (Å²) in [6.45, 7) is 9.65. The summed E-state index contributed by atoms with van der Waals surface area (Å²) in [7, 11) is -1.44. The summed E-state index contributed by atoms with van der Waals surface area (Å²) in [4.78, 5) is 9.30. The minimum absolute atomic E-state index is 0. The van der Waals surface area contributed by atoms with Crippen LogP contribution in [0.3, 0.4) is 0 Å². The predicted molar refractivity (Wildman–Crippen MR) is 247 cm³/mol. The molecule has 0 atom stereocenters. The van der Waals surface area contributed by atoms with Gasteiger partial charge in [0.05, 0.1) is 30.5 Å². The first-order valence-corrected chi connectivity index (χ1v) is 23.1. The molecule has 0 amide bonds. The van der Waals surface area contributed by atoms with Crippen molar-refractivity contribution in [3.05, 3.63) is 168 Å². The molecule has 4 nitrogen and oxygen atoms in total. The fraction of sp³-hybridized carbons (Fsp3) is 0.170. The molecule has 0 aliphatic heterocycles.